The van der Waals surface area contributed by atoms with E-state index >= 15 is 0 Å². The average Bonchev–Trinajstić information content (AvgIpc) is 3.00. The minimum absolute atomic E-state index is 0.000440. The van der Waals surface area contributed by atoms with E-state index in [4.69, 9.17) is 5.11 Å². The third kappa shape index (κ3) is 4.09. The molecule has 0 aliphatic heterocycles. The largest absolute Gasteiger partial charge is 0.481 e. The molecule has 1 amide bonds. The lowest BCUT2D eigenvalue weighted by Crippen LogP contribution is -2.44. The number of hydrogen-bond donors (Lipinski definition) is 1. The first-order chi connectivity index (χ1) is 10.5. The molecule has 1 heterocycles. The maximum absolute atomic E-state index is 12.8. The minimum atomic E-state index is -0.718. The number of amides is 1. The minimum Gasteiger partial charge on any atom is -0.481 e. The maximum Gasteiger partial charge on any atom is 0.306 e. The zero-order chi connectivity index (χ0) is 16.1. The van der Waals surface area contributed by atoms with E-state index in [-0.39, 0.29) is 23.8 Å². The number of hydrogen-bond acceptors (Lipinski definition) is 3. The van der Waals surface area contributed by atoms with Crippen molar-refractivity contribution in [1.29, 1.82) is 0 Å². The molecule has 1 fully saturated rings. The predicted octanol–water partition coefficient (Wildman–Crippen LogP) is 3.42. The molecule has 0 saturated heterocycles. The molecular formula is C17H25NO3S. The molecule has 0 radical (unpaired) electrons. The molecule has 0 bridgehead atoms. The quantitative estimate of drug-likeness (QED) is 0.872. The number of thiophene rings is 1. The van der Waals surface area contributed by atoms with Crippen LogP contribution < -0.4 is 0 Å². The van der Waals surface area contributed by atoms with Crippen LogP contribution in [-0.2, 0) is 16.0 Å². The fraction of sp³-hybridized carbons (Fsp3) is 0.647. The Kier molecular flexibility index (Phi) is 6.00. The van der Waals surface area contributed by atoms with Crippen LogP contribution in [0.5, 0.6) is 0 Å². The predicted molar refractivity (Wildman–Crippen MR) is 88.0 cm³/mol. The summed E-state index contributed by atoms with van der Waals surface area (Å²) in [7, 11) is 0. The van der Waals surface area contributed by atoms with Crippen molar-refractivity contribution in [3.63, 3.8) is 0 Å². The molecule has 0 aromatic carbocycles. The zero-order valence-corrected chi connectivity index (χ0v) is 14.1. The molecule has 1 aromatic rings. The normalized spacial score (nSPS) is 23.0. The highest BCUT2D eigenvalue weighted by molar-refractivity contribution is 7.07. The Hall–Kier alpha value is -1.36. The van der Waals surface area contributed by atoms with Gasteiger partial charge in [0.25, 0.3) is 0 Å². The summed E-state index contributed by atoms with van der Waals surface area (Å²) in [6, 6.07) is 2.29. The van der Waals surface area contributed by atoms with Gasteiger partial charge in [0, 0.05) is 18.5 Å². The Morgan fingerprint density at radius 3 is 2.45 bits per heavy atom. The lowest BCUT2D eigenvalue weighted by atomic mass is 9.81. The van der Waals surface area contributed by atoms with Crippen LogP contribution in [0.4, 0.5) is 0 Å². The molecule has 1 atom stereocenters. The van der Waals surface area contributed by atoms with Gasteiger partial charge in [0.05, 0.1) is 5.92 Å². The van der Waals surface area contributed by atoms with Crippen LogP contribution in [-0.4, -0.2) is 34.5 Å². The van der Waals surface area contributed by atoms with Crippen molar-refractivity contribution >= 4 is 23.2 Å². The Balaban J connectivity index is 1.92. The SMILES string of the molecule is CCN(C(=O)C1CCC(C(=O)O)CC1)C(C)Cc1ccsc1. The van der Waals surface area contributed by atoms with E-state index in [9.17, 15) is 9.59 Å². The van der Waals surface area contributed by atoms with Crippen LogP contribution in [0.1, 0.15) is 45.1 Å². The Labute approximate surface area is 136 Å². The number of carbonyl (C=O) groups excluding carboxylic acids is 1. The first-order valence-electron chi connectivity index (χ1n) is 8.07. The van der Waals surface area contributed by atoms with Gasteiger partial charge in [0.2, 0.25) is 5.91 Å². The van der Waals surface area contributed by atoms with Crippen LogP contribution in [0.2, 0.25) is 0 Å². The standard InChI is InChI=1S/C17H25NO3S/c1-3-18(12(2)10-13-8-9-22-11-13)16(19)14-4-6-15(7-5-14)17(20)21/h8-9,11-12,14-15H,3-7,10H2,1-2H3,(H,20,21). The topological polar surface area (TPSA) is 57.6 Å². The van der Waals surface area contributed by atoms with Gasteiger partial charge in [-0.3, -0.25) is 9.59 Å². The molecule has 1 aliphatic carbocycles. The van der Waals surface area contributed by atoms with Gasteiger partial charge in [-0.05, 0) is 68.3 Å². The molecule has 22 heavy (non-hydrogen) atoms. The monoisotopic (exact) mass is 323 g/mol. The highest BCUT2D eigenvalue weighted by Crippen LogP contribution is 2.30. The number of rotatable bonds is 6. The number of likely N-dealkylation sites (N-methyl/N-ethyl adjacent to an activating group) is 1. The Morgan fingerprint density at radius 2 is 1.95 bits per heavy atom. The molecule has 1 N–H and O–H groups in total. The molecule has 1 saturated carbocycles. The van der Waals surface area contributed by atoms with E-state index in [2.05, 4.69) is 23.8 Å². The van der Waals surface area contributed by atoms with Crippen molar-refractivity contribution < 1.29 is 14.7 Å². The first-order valence-corrected chi connectivity index (χ1v) is 9.01. The average molecular weight is 323 g/mol. The highest BCUT2D eigenvalue weighted by Gasteiger charge is 2.32. The highest BCUT2D eigenvalue weighted by atomic mass is 32.1. The van der Waals surface area contributed by atoms with Gasteiger partial charge in [0.15, 0.2) is 0 Å². The summed E-state index contributed by atoms with van der Waals surface area (Å²) in [6.45, 7) is 4.83. The van der Waals surface area contributed by atoms with Gasteiger partial charge < -0.3 is 10.0 Å². The fourth-order valence-electron chi connectivity index (χ4n) is 3.37. The summed E-state index contributed by atoms with van der Waals surface area (Å²) in [6.07, 6.45) is 3.55. The van der Waals surface area contributed by atoms with E-state index in [1.54, 1.807) is 11.3 Å². The van der Waals surface area contributed by atoms with Crippen LogP contribution in [0.3, 0.4) is 0 Å². The molecule has 1 aliphatic rings. The summed E-state index contributed by atoms with van der Waals surface area (Å²) >= 11 is 1.68. The molecule has 122 valence electrons. The molecule has 4 nitrogen and oxygen atoms in total. The van der Waals surface area contributed by atoms with Crippen molar-refractivity contribution in [2.75, 3.05) is 6.54 Å². The van der Waals surface area contributed by atoms with E-state index in [0.717, 1.165) is 6.42 Å². The van der Waals surface area contributed by atoms with E-state index in [1.165, 1.54) is 5.56 Å². The molecule has 0 spiro atoms. The second-order valence-electron chi connectivity index (χ2n) is 6.20. The van der Waals surface area contributed by atoms with Crippen LogP contribution in [0.25, 0.3) is 0 Å². The zero-order valence-electron chi connectivity index (χ0n) is 13.3. The molecular weight excluding hydrogens is 298 g/mol. The van der Waals surface area contributed by atoms with E-state index < -0.39 is 5.97 Å². The van der Waals surface area contributed by atoms with Gasteiger partial charge in [0.1, 0.15) is 0 Å². The molecule has 1 unspecified atom stereocenters. The third-order valence-corrected chi connectivity index (χ3v) is 5.42. The van der Waals surface area contributed by atoms with Crippen molar-refractivity contribution in [3.05, 3.63) is 22.4 Å². The van der Waals surface area contributed by atoms with Gasteiger partial charge >= 0.3 is 5.97 Å². The lowest BCUT2D eigenvalue weighted by molar-refractivity contribution is -0.146. The van der Waals surface area contributed by atoms with E-state index in [0.29, 0.717) is 32.2 Å². The molecule has 1 aromatic heterocycles. The maximum atomic E-state index is 12.8. The van der Waals surface area contributed by atoms with E-state index in [1.807, 2.05) is 11.8 Å². The number of carboxylic acid groups (broad SMARTS) is 1. The summed E-state index contributed by atoms with van der Waals surface area (Å²) in [4.78, 5) is 25.7. The second-order valence-corrected chi connectivity index (χ2v) is 6.98. The summed E-state index contributed by atoms with van der Waals surface area (Å²) < 4.78 is 0. The first kappa shape index (κ1) is 17.0. The van der Waals surface area contributed by atoms with Crippen LogP contribution >= 0.6 is 11.3 Å². The van der Waals surface area contributed by atoms with Crippen molar-refractivity contribution in [2.45, 2.75) is 52.0 Å². The van der Waals surface area contributed by atoms with Crippen LogP contribution in [0.15, 0.2) is 16.8 Å². The summed E-state index contributed by atoms with van der Waals surface area (Å²) in [5.74, 6) is -0.777. The molecule has 5 heteroatoms. The second kappa shape index (κ2) is 7.77. The van der Waals surface area contributed by atoms with Gasteiger partial charge in [-0.15, -0.1) is 0 Å². The number of carboxylic acids is 1. The van der Waals surface area contributed by atoms with Crippen LogP contribution in [0, 0.1) is 11.8 Å². The van der Waals surface area contributed by atoms with Crippen molar-refractivity contribution in [3.8, 4) is 0 Å². The number of carbonyl (C=O) groups is 2. The van der Waals surface area contributed by atoms with Gasteiger partial charge in [-0.25, -0.2) is 0 Å². The third-order valence-electron chi connectivity index (χ3n) is 4.69. The van der Waals surface area contributed by atoms with Gasteiger partial charge in [-0.2, -0.15) is 11.3 Å². The Bertz CT molecular complexity index is 492. The molecule has 2 rings (SSSR count). The van der Waals surface area contributed by atoms with Crippen molar-refractivity contribution in [2.24, 2.45) is 11.8 Å². The number of nitrogens with zero attached hydrogens (tertiary/aromatic N) is 1. The Morgan fingerprint density at radius 1 is 1.32 bits per heavy atom. The van der Waals surface area contributed by atoms with Gasteiger partial charge in [-0.1, -0.05) is 0 Å². The van der Waals surface area contributed by atoms with Crippen molar-refractivity contribution in [1.82, 2.24) is 4.90 Å². The smallest absolute Gasteiger partial charge is 0.306 e. The fourth-order valence-corrected chi connectivity index (χ4v) is 4.05. The summed E-state index contributed by atoms with van der Waals surface area (Å²) in [5, 5.41) is 13.3. The number of aliphatic carboxylic acids is 1. The lowest BCUT2D eigenvalue weighted by Gasteiger charge is -2.34. The summed E-state index contributed by atoms with van der Waals surface area (Å²) in [5.41, 5.74) is 1.28.